The normalized spacial score (nSPS) is 43.3. The molecule has 38 heavy (non-hydrogen) atoms. The minimum absolute atomic E-state index is 0.0717. The summed E-state index contributed by atoms with van der Waals surface area (Å²) in [5.41, 5.74) is -0.0481. The van der Waals surface area contributed by atoms with Crippen LogP contribution in [0.3, 0.4) is 0 Å². The van der Waals surface area contributed by atoms with E-state index in [0.717, 1.165) is 51.4 Å². The number of rotatable bonds is 4. The first-order valence-corrected chi connectivity index (χ1v) is 14.7. The van der Waals surface area contributed by atoms with Crippen LogP contribution in [0.25, 0.3) is 10.9 Å². The number of benzene rings is 1. The summed E-state index contributed by atoms with van der Waals surface area (Å²) in [6, 6.07) is 4.06. The van der Waals surface area contributed by atoms with Crippen LogP contribution in [0.1, 0.15) is 78.0 Å². The van der Waals surface area contributed by atoms with Crippen molar-refractivity contribution in [3.63, 3.8) is 0 Å². The summed E-state index contributed by atoms with van der Waals surface area (Å²) in [7, 11) is 0. The topological polar surface area (TPSA) is 106 Å². The summed E-state index contributed by atoms with van der Waals surface area (Å²) in [6.07, 6.45) is 6.46. The van der Waals surface area contributed by atoms with E-state index in [9.17, 15) is 24.5 Å². The third kappa shape index (κ3) is 3.98. The van der Waals surface area contributed by atoms with Crippen molar-refractivity contribution in [2.75, 3.05) is 0 Å². The number of aromatic amines is 1. The Balaban J connectivity index is 1.21. The molecular weight excluding hydrogens is 483 g/mol. The zero-order valence-corrected chi connectivity index (χ0v) is 22.9. The van der Waals surface area contributed by atoms with Crippen molar-refractivity contribution in [1.29, 1.82) is 0 Å². The number of hydrogen-bond acceptors (Lipinski definition) is 5. The largest absolute Gasteiger partial charge is 0.393 e. The summed E-state index contributed by atoms with van der Waals surface area (Å²) in [5.74, 6) is 1.88. The first-order valence-electron chi connectivity index (χ1n) is 14.7. The second kappa shape index (κ2) is 9.38. The molecule has 4 saturated carbocycles. The maximum atomic E-state index is 13.7. The van der Waals surface area contributed by atoms with Crippen LogP contribution in [-0.4, -0.2) is 43.6 Å². The van der Waals surface area contributed by atoms with E-state index in [1.807, 2.05) is 0 Å². The van der Waals surface area contributed by atoms with Crippen LogP contribution in [0, 0.1) is 52.2 Å². The predicted octanol–water partition coefficient (Wildman–Crippen LogP) is 4.59. The Hall–Kier alpha value is -1.83. The molecule has 7 heteroatoms. The maximum absolute atomic E-state index is 13.7. The van der Waals surface area contributed by atoms with E-state index in [-0.39, 0.29) is 46.4 Å². The van der Waals surface area contributed by atoms with Gasteiger partial charge in [0, 0.05) is 12.5 Å². The number of nitrogens with one attached hydrogen (secondary N) is 1. The Labute approximate surface area is 224 Å². The Kier molecular flexibility index (Phi) is 6.51. The fraction of sp³-hybridized carbons (Fsp3) is 0.742. The minimum atomic E-state index is -0.417. The molecule has 6 rings (SSSR count). The predicted molar refractivity (Wildman–Crippen MR) is 144 cm³/mol. The van der Waals surface area contributed by atoms with Gasteiger partial charge in [-0.1, -0.05) is 20.8 Å². The second-order valence-corrected chi connectivity index (χ2v) is 13.7. The van der Waals surface area contributed by atoms with Crippen LogP contribution in [0.4, 0.5) is 4.39 Å². The van der Waals surface area contributed by atoms with Gasteiger partial charge in [-0.3, -0.25) is 4.79 Å². The van der Waals surface area contributed by atoms with Gasteiger partial charge < -0.3 is 20.3 Å². The number of aliphatic hydroxyl groups is 3. The molecule has 0 aliphatic heterocycles. The molecular formula is C31H43FN2O4. The molecule has 208 valence electrons. The average Bonchev–Trinajstić information content (AvgIpc) is 3.22. The van der Waals surface area contributed by atoms with Crippen molar-refractivity contribution in [2.45, 2.75) is 96.9 Å². The first-order chi connectivity index (χ1) is 18.0. The van der Waals surface area contributed by atoms with Crippen molar-refractivity contribution >= 4 is 10.9 Å². The molecule has 0 radical (unpaired) electrons. The molecule has 4 aliphatic rings. The van der Waals surface area contributed by atoms with Crippen LogP contribution < -0.4 is 5.56 Å². The van der Waals surface area contributed by atoms with Gasteiger partial charge in [0.25, 0.3) is 5.56 Å². The van der Waals surface area contributed by atoms with Crippen molar-refractivity contribution in [3.8, 4) is 0 Å². The number of nitrogens with zero attached hydrogens (tertiary/aromatic N) is 1. The molecule has 0 amide bonds. The lowest BCUT2D eigenvalue weighted by Gasteiger charge is -2.63. The number of halogens is 1. The van der Waals surface area contributed by atoms with Gasteiger partial charge >= 0.3 is 0 Å². The molecule has 4 aliphatic carbocycles. The first kappa shape index (κ1) is 26.4. The van der Waals surface area contributed by atoms with Crippen molar-refractivity contribution in [3.05, 3.63) is 40.2 Å². The number of hydrogen-bond donors (Lipinski definition) is 4. The molecule has 1 aromatic heterocycles. The molecule has 0 spiro atoms. The molecule has 1 heterocycles. The Morgan fingerprint density at radius 2 is 1.89 bits per heavy atom. The zero-order valence-electron chi connectivity index (χ0n) is 22.9. The van der Waals surface area contributed by atoms with Gasteiger partial charge in [0.1, 0.15) is 11.6 Å². The molecule has 0 saturated heterocycles. The molecule has 4 fully saturated rings. The third-order valence-electron chi connectivity index (χ3n) is 12.1. The molecule has 1 unspecified atom stereocenters. The van der Waals surface area contributed by atoms with Gasteiger partial charge in [-0.2, -0.15) is 0 Å². The highest BCUT2D eigenvalue weighted by Gasteiger charge is 2.65. The summed E-state index contributed by atoms with van der Waals surface area (Å²) in [4.78, 5) is 19.9. The number of aryl methyl sites for hydroxylation is 1. The van der Waals surface area contributed by atoms with Gasteiger partial charge in [0.15, 0.2) is 0 Å². The van der Waals surface area contributed by atoms with Crippen LogP contribution in [0.2, 0.25) is 0 Å². The number of H-pyrrole nitrogens is 1. The van der Waals surface area contributed by atoms with Crippen LogP contribution in [-0.2, 0) is 6.42 Å². The third-order valence-corrected chi connectivity index (χ3v) is 12.1. The molecule has 2 aromatic rings. The molecule has 11 atom stereocenters. The van der Waals surface area contributed by atoms with E-state index >= 15 is 0 Å². The van der Waals surface area contributed by atoms with E-state index < -0.39 is 11.9 Å². The van der Waals surface area contributed by atoms with Gasteiger partial charge in [-0.05, 0) is 110 Å². The molecule has 0 bridgehead atoms. The quantitative estimate of drug-likeness (QED) is 0.466. The Morgan fingerprint density at radius 3 is 2.68 bits per heavy atom. The van der Waals surface area contributed by atoms with E-state index in [2.05, 4.69) is 30.7 Å². The SMILES string of the molecule is C[C@H](CCc1nc2cc(F)ccc2c(=O)[nH]1)[C@H]1CC[C@H]2[C@H]3C(C[C@H](O)[C@]12C)[C@@]1(C)CC[C@@H](O)C[C@H]1C[C@H]3O. The average molecular weight is 527 g/mol. The molecule has 6 nitrogen and oxygen atoms in total. The molecule has 1 aromatic carbocycles. The van der Waals surface area contributed by atoms with Gasteiger partial charge in [0.05, 0.1) is 29.2 Å². The Morgan fingerprint density at radius 1 is 1.11 bits per heavy atom. The summed E-state index contributed by atoms with van der Waals surface area (Å²) in [5, 5.41) is 34.0. The fourth-order valence-corrected chi connectivity index (χ4v) is 9.98. The lowest BCUT2D eigenvalue weighted by molar-refractivity contribution is -0.207. The van der Waals surface area contributed by atoms with E-state index in [1.54, 1.807) is 0 Å². The number of aromatic nitrogens is 2. The fourth-order valence-electron chi connectivity index (χ4n) is 9.98. The van der Waals surface area contributed by atoms with Crippen molar-refractivity contribution in [1.82, 2.24) is 9.97 Å². The maximum Gasteiger partial charge on any atom is 0.258 e. The van der Waals surface area contributed by atoms with Crippen molar-refractivity contribution < 1.29 is 19.7 Å². The summed E-state index contributed by atoms with van der Waals surface area (Å²) >= 11 is 0. The lowest BCUT2D eigenvalue weighted by Crippen LogP contribution is -2.62. The lowest BCUT2D eigenvalue weighted by atomic mass is 9.43. The highest BCUT2D eigenvalue weighted by molar-refractivity contribution is 5.77. The summed E-state index contributed by atoms with van der Waals surface area (Å²) in [6.45, 7) is 6.87. The van der Waals surface area contributed by atoms with Crippen LogP contribution in [0.5, 0.6) is 0 Å². The number of fused-ring (bicyclic) bond motifs is 6. The highest BCUT2D eigenvalue weighted by Crippen LogP contribution is 2.68. The zero-order chi connectivity index (χ0) is 27.0. The minimum Gasteiger partial charge on any atom is -0.393 e. The van der Waals surface area contributed by atoms with E-state index in [4.69, 9.17) is 0 Å². The molecule has 4 N–H and O–H groups in total. The van der Waals surface area contributed by atoms with Gasteiger partial charge in [0.2, 0.25) is 0 Å². The monoisotopic (exact) mass is 526 g/mol. The van der Waals surface area contributed by atoms with Gasteiger partial charge in [-0.25, -0.2) is 9.37 Å². The van der Waals surface area contributed by atoms with Gasteiger partial charge in [-0.15, -0.1) is 0 Å². The van der Waals surface area contributed by atoms with E-state index in [1.165, 1.54) is 18.2 Å². The van der Waals surface area contributed by atoms with Crippen LogP contribution >= 0.6 is 0 Å². The van der Waals surface area contributed by atoms with E-state index in [0.29, 0.717) is 40.9 Å². The van der Waals surface area contributed by atoms with Crippen LogP contribution in [0.15, 0.2) is 23.0 Å². The smallest absolute Gasteiger partial charge is 0.258 e. The highest BCUT2D eigenvalue weighted by atomic mass is 19.1. The number of aliphatic hydroxyl groups excluding tert-OH is 3. The standard InChI is InChI=1S/C31H43FN2O4/c1-16(4-9-27-33-24-14-18(32)5-6-20(24)29(38)34-27)21-7-8-22-28-23(15-26(37)31(21,22)3)30(2)11-10-19(35)12-17(30)13-25(28)36/h5-6,14,16-17,19,21-23,25-26,28,35-37H,4,7-13,15H2,1-3H3,(H,33,34,38)/t16-,17+,19-,21-,22+,23?,25-,26+,28+,30+,31-/m1/s1. The summed E-state index contributed by atoms with van der Waals surface area (Å²) < 4.78 is 13.7. The van der Waals surface area contributed by atoms with Crippen molar-refractivity contribution in [2.24, 2.45) is 46.3 Å². The Bertz CT molecular complexity index is 1270. The second-order valence-electron chi connectivity index (χ2n) is 13.7.